The number of nitrogens with zero attached hydrogens (tertiary/aromatic N) is 5. The molecule has 1 aromatic carbocycles. The molecule has 0 fully saturated rings. The van der Waals surface area contributed by atoms with Crippen LogP contribution in [0.1, 0.15) is 34.6 Å². The number of carbonyl (C=O) groups excluding carboxylic acids is 1. The smallest absolute Gasteiger partial charge is 0.358 e. The lowest BCUT2D eigenvalue weighted by Crippen LogP contribution is -2.22. The molecule has 0 aliphatic rings. The summed E-state index contributed by atoms with van der Waals surface area (Å²) in [7, 11) is 2.95. The van der Waals surface area contributed by atoms with Crippen LogP contribution >= 0.6 is 11.6 Å². The Labute approximate surface area is 194 Å². The molecule has 0 saturated heterocycles. The Hall–Kier alpha value is -3.85. The Morgan fingerprint density at radius 1 is 1.18 bits per heavy atom. The lowest BCUT2D eigenvalue weighted by molar-refractivity contribution is 0.0595. The van der Waals surface area contributed by atoms with Gasteiger partial charge >= 0.3 is 5.97 Å². The Morgan fingerprint density at radius 2 is 1.91 bits per heavy atom. The topological polar surface area (TPSA) is 112 Å². The summed E-state index contributed by atoms with van der Waals surface area (Å²) in [6, 6.07) is 6.68. The summed E-state index contributed by atoms with van der Waals surface area (Å²) in [5, 5.41) is 3.95. The molecule has 0 aliphatic carbocycles. The van der Waals surface area contributed by atoms with Crippen molar-refractivity contribution in [2.24, 2.45) is 7.05 Å². The van der Waals surface area contributed by atoms with Crippen LogP contribution in [-0.4, -0.2) is 37.6 Å². The van der Waals surface area contributed by atoms with Gasteiger partial charge in [0.05, 0.1) is 35.3 Å². The number of carbonyl (C=O) groups is 1. The van der Waals surface area contributed by atoms with Crippen molar-refractivity contribution in [1.29, 1.82) is 0 Å². The zero-order valence-electron chi connectivity index (χ0n) is 18.5. The van der Waals surface area contributed by atoms with Crippen LogP contribution in [0, 0.1) is 6.92 Å². The third kappa shape index (κ3) is 4.27. The molecule has 33 heavy (non-hydrogen) atoms. The van der Waals surface area contributed by atoms with Crippen molar-refractivity contribution in [1.82, 2.24) is 24.5 Å². The molecule has 4 rings (SSSR count). The summed E-state index contributed by atoms with van der Waals surface area (Å²) in [4.78, 5) is 42.4. The zero-order valence-corrected chi connectivity index (χ0v) is 19.2. The molecule has 4 aromatic rings. The predicted octanol–water partition coefficient (Wildman–Crippen LogP) is 3.71. The van der Waals surface area contributed by atoms with Crippen molar-refractivity contribution in [2.45, 2.75) is 19.9 Å². The molecule has 0 saturated carbocycles. The van der Waals surface area contributed by atoms with Gasteiger partial charge in [-0.25, -0.2) is 24.7 Å². The molecule has 10 heteroatoms. The summed E-state index contributed by atoms with van der Waals surface area (Å²) in [6.45, 7) is 3.83. The third-order valence-corrected chi connectivity index (χ3v) is 5.46. The molecule has 1 N–H and O–H groups in total. The van der Waals surface area contributed by atoms with Crippen LogP contribution in [0.25, 0.3) is 22.3 Å². The van der Waals surface area contributed by atoms with Crippen LogP contribution in [-0.2, 0) is 11.8 Å². The van der Waals surface area contributed by atoms with Crippen LogP contribution < -0.4 is 10.9 Å². The summed E-state index contributed by atoms with van der Waals surface area (Å²) in [5.41, 5.74) is 3.20. The van der Waals surface area contributed by atoms with Gasteiger partial charge in [-0.15, -0.1) is 0 Å². The number of aromatic nitrogens is 5. The van der Waals surface area contributed by atoms with Gasteiger partial charge in [0.2, 0.25) is 0 Å². The van der Waals surface area contributed by atoms with Gasteiger partial charge in [0.15, 0.2) is 5.69 Å². The van der Waals surface area contributed by atoms with E-state index in [1.807, 2.05) is 26.0 Å². The van der Waals surface area contributed by atoms with Crippen molar-refractivity contribution < 1.29 is 9.53 Å². The Kier molecular flexibility index (Phi) is 6.06. The Balaban J connectivity index is 1.87. The number of pyridine rings is 1. The summed E-state index contributed by atoms with van der Waals surface area (Å²) in [6.07, 6.45) is 4.64. The molecular weight excluding hydrogens is 444 g/mol. The number of methoxy groups -OCH3 is 1. The van der Waals surface area contributed by atoms with Gasteiger partial charge in [-0.2, -0.15) is 0 Å². The maximum Gasteiger partial charge on any atom is 0.358 e. The van der Waals surface area contributed by atoms with Gasteiger partial charge in [-0.3, -0.25) is 9.36 Å². The van der Waals surface area contributed by atoms with Crippen LogP contribution in [0.5, 0.6) is 0 Å². The number of fused-ring (bicyclic) bond motifs is 1. The standard InChI is InChI=1S/C23H21ClN6O3/c1-12-7-15(13(2)27-17-5-6-18(24)28-20(17)23(32)33-4)19-16(8-12)22(31)30(3)21(29-19)14-9-25-11-26-10-14/h5-11,13,27H,1-4H3/t13-/m1/s1. The van der Waals surface area contributed by atoms with E-state index in [9.17, 15) is 9.59 Å². The van der Waals surface area contributed by atoms with Crippen molar-refractivity contribution in [2.75, 3.05) is 12.4 Å². The normalized spacial score (nSPS) is 11.9. The van der Waals surface area contributed by atoms with E-state index in [2.05, 4.69) is 20.3 Å². The molecule has 0 spiro atoms. The lowest BCUT2D eigenvalue weighted by atomic mass is 10.0. The van der Waals surface area contributed by atoms with E-state index in [1.165, 1.54) is 18.0 Å². The van der Waals surface area contributed by atoms with E-state index in [4.69, 9.17) is 21.3 Å². The number of hydrogen-bond donors (Lipinski definition) is 1. The molecule has 0 radical (unpaired) electrons. The highest BCUT2D eigenvalue weighted by Crippen LogP contribution is 2.29. The number of ether oxygens (including phenoxy) is 1. The first-order valence-electron chi connectivity index (χ1n) is 10.1. The van der Waals surface area contributed by atoms with E-state index in [0.29, 0.717) is 28.0 Å². The lowest BCUT2D eigenvalue weighted by Gasteiger charge is -2.20. The molecular formula is C23H21ClN6O3. The zero-order chi connectivity index (χ0) is 23.7. The molecule has 0 bridgehead atoms. The summed E-state index contributed by atoms with van der Waals surface area (Å²) in [5.74, 6) is -0.159. The molecule has 0 aliphatic heterocycles. The minimum absolute atomic E-state index is 0.0693. The number of benzene rings is 1. The minimum atomic E-state index is -0.611. The third-order valence-electron chi connectivity index (χ3n) is 5.25. The van der Waals surface area contributed by atoms with Gasteiger partial charge in [0.1, 0.15) is 17.3 Å². The van der Waals surface area contributed by atoms with Crippen LogP contribution in [0.3, 0.4) is 0 Å². The van der Waals surface area contributed by atoms with Crippen molar-refractivity contribution in [3.05, 3.63) is 75.3 Å². The summed E-state index contributed by atoms with van der Waals surface area (Å²) < 4.78 is 6.32. The fraction of sp³-hybridized carbons (Fsp3) is 0.217. The van der Waals surface area contributed by atoms with Gasteiger partial charge in [-0.1, -0.05) is 17.7 Å². The number of aryl methyl sites for hydroxylation is 1. The van der Waals surface area contributed by atoms with E-state index >= 15 is 0 Å². The van der Waals surface area contributed by atoms with E-state index in [-0.39, 0.29) is 22.4 Å². The Bertz CT molecular complexity index is 1420. The summed E-state index contributed by atoms with van der Waals surface area (Å²) >= 11 is 5.97. The molecule has 1 atom stereocenters. The number of rotatable bonds is 5. The second-order valence-electron chi connectivity index (χ2n) is 7.56. The van der Waals surface area contributed by atoms with Crippen LogP contribution in [0.2, 0.25) is 5.15 Å². The van der Waals surface area contributed by atoms with Gasteiger partial charge in [-0.05, 0) is 37.6 Å². The first-order valence-corrected chi connectivity index (χ1v) is 10.5. The molecule has 9 nitrogen and oxygen atoms in total. The molecule has 3 heterocycles. The number of anilines is 1. The Morgan fingerprint density at radius 3 is 2.61 bits per heavy atom. The number of halogens is 1. The van der Waals surface area contributed by atoms with E-state index in [1.54, 1.807) is 31.6 Å². The van der Waals surface area contributed by atoms with E-state index in [0.717, 1.165) is 11.1 Å². The van der Waals surface area contributed by atoms with E-state index < -0.39 is 5.97 Å². The monoisotopic (exact) mass is 464 g/mol. The molecule has 0 unspecified atom stereocenters. The van der Waals surface area contributed by atoms with Crippen LogP contribution in [0.4, 0.5) is 5.69 Å². The number of hydrogen-bond acceptors (Lipinski definition) is 8. The first-order chi connectivity index (χ1) is 15.8. The van der Waals surface area contributed by atoms with Gasteiger partial charge in [0, 0.05) is 25.0 Å². The predicted molar refractivity (Wildman–Crippen MR) is 125 cm³/mol. The van der Waals surface area contributed by atoms with Crippen molar-refractivity contribution in [3.63, 3.8) is 0 Å². The SMILES string of the molecule is COC(=O)c1nc(Cl)ccc1N[C@H](C)c1cc(C)cc2c(=O)n(C)c(-c3cncnc3)nc12. The molecule has 0 amide bonds. The average molecular weight is 465 g/mol. The maximum absolute atomic E-state index is 13.2. The van der Waals surface area contributed by atoms with Crippen LogP contribution in [0.15, 0.2) is 47.8 Å². The average Bonchev–Trinajstić information content (AvgIpc) is 2.82. The highest BCUT2D eigenvalue weighted by atomic mass is 35.5. The number of nitrogens with one attached hydrogen (secondary N) is 1. The fourth-order valence-corrected chi connectivity index (χ4v) is 3.82. The number of esters is 1. The first kappa shape index (κ1) is 22.3. The highest BCUT2D eigenvalue weighted by molar-refractivity contribution is 6.29. The van der Waals surface area contributed by atoms with Crippen molar-refractivity contribution in [3.8, 4) is 11.4 Å². The maximum atomic E-state index is 13.2. The molecule has 168 valence electrons. The minimum Gasteiger partial charge on any atom is -0.464 e. The molecule has 3 aromatic heterocycles. The fourth-order valence-electron chi connectivity index (χ4n) is 3.67. The van der Waals surface area contributed by atoms with Gasteiger partial charge in [0.25, 0.3) is 5.56 Å². The van der Waals surface area contributed by atoms with Crippen molar-refractivity contribution >= 4 is 34.2 Å². The quantitative estimate of drug-likeness (QED) is 0.351. The van der Waals surface area contributed by atoms with Gasteiger partial charge < -0.3 is 10.1 Å². The largest absolute Gasteiger partial charge is 0.464 e. The highest BCUT2D eigenvalue weighted by Gasteiger charge is 2.20. The second kappa shape index (κ2) is 8.95. The second-order valence-corrected chi connectivity index (χ2v) is 7.95.